The van der Waals surface area contributed by atoms with E-state index in [0.717, 1.165) is 16.9 Å². The first-order valence-electron chi connectivity index (χ1n) is 5.98. The molecule has 0 saturated carbocycles. The minimum Gasteiger partial charge on any atom is -0.362 e. The van der Waals surface area contributed by atoms with Gasteiger partial charge in [-0.15, -0.1) is 0 Å². The summed E-state index contributed by atoms with van der Waals surface area (Å²) < 4.78 is 0. The van der Waals surface area contributed by atoms with Gasteiger partial charge in [-0.05, 0) is 5.56 Å². The summed E-state index contributed by atoms with van der Waals surface area (Å²) in [7, 11) is 7.69. The Balaban J connectivity index is 2.66. The van der Waals surface area contributed by atoms with E-state index in [1.54, 1.807) is 0 Å². The first-order chi connectivity index (χ1) is 9.00. The molecule has 1 aromatic carbocycles. The molecule has 0 bridgehead atoms. The van der Waals surface area contributed by atoms with Crippen LogP contribution < -0.4 is 9.80 Å². The molecule has 5 heteroatoms. The fourth-order valence-corrected chi connectivity index (χ4v) is 2.06. The molecule has 1 heterocycles. The van der Waals surface area contributed by atoms with Crippen molar-refractivity contribution in [2.75, 3.05) is 38.0 Å². The van der Waals surface area contributed by atoms with Crippen molar-refractivity contribution in [3.63, 3.8) is 0 Å². The number of rotatable bonds is 3. The second-order valence-corrected chi connectivity index (χ2v) is 5.03. The smallest absolute Gasteiger partial charge is 0.228 e. The summed E-state index contributed by atoms with van der Waals surface area (Å²) in [5, 5.41) is 0.466. The first-order valence-corrected chi connectivity index (χ1v) is 6.36. The molecule has 0 fully saturated rings. The lowest BCUT2D eigenvalue weighted by Crippen LogP contribution is -2.18. The van der Waals surface area contributed by atoms with Crippen LogP contribution in [0.3, 0.4) is 0 Å². The molecular weight excluding hydrogens is 260 g/mol. The Hall–Kier alpha value is -1.81. The predicted octanol–water partition coefficient (Wildman–Crippen LogP) is 2.93. The van der Waals surface area contributed by atoms with Crippen LogP contribution in [-0.2, 0) is 0 Å². The number of hydrogen-bond donors (Lipinski definition) is 0. The Morgan fingerprint density at radius 1 is 0.895 bits per heavy atom. The van der Waals surface area contributed by atoms with E-state index >= 15 is 0 Å². The van der Waals surface area contributed by atoms with E-state index in [2.05, 4.69) is 9.97 Å². The van der Waals surface area contributed by atoms with Crippen molar-refractivity contribution in [2.45, 2.75) is 0 Å². The van der Waals surface area contributed by atoms with Gasteiger partial charge in [-0.2, -0.15) is 4.98 Å². The average Bonchev–Trinajstić information content (AvgIpc) is 2.38. The highest BCUT2D eigenvalue weighted by Gasteiger charge is 2.17. The molecule has 100 valence electrons. The van der Waals surface area contributed by atoms with E-state index in [-0.39, 0.29) is 0 Å². The Bertz CT molecular complexity index is 567. The maximum Gasteiger partial charge on any atom is 0.228 e. The normalized spacial score (nSPS) is 10.4. The second-order valence-electron chi connectivity index (χ2n) is 4.67. The predicted molar refractivity (Wildman–Crippen MR) is 81.1 cm³/mol. The van der Waals surface area contributed by atoms with Crippen molar-refractivity contribution in [3.05, 3.63) is 35.5 Å². The van der Waals surface area contributed by atoms with Crippen LogP contribution in [-0.4, -0.2) is 38.2 Å². The number of benzene rings is 1. The van der Waals surface area contributed by atoms with Crippen LogP contribution >= 0.6 is 11.6 Å². The second kappa shape index (κ2) is 5.45. The van der Waals surface area contributed by atoms with Gasteiger partial charge < -0.3 is 9.80 Å². The van der Waals surface area contributed by atoms with Gasteiger partial charge in [0.2, 0.25) is 5.95 Å². The van der Waals surface area contributed by atoms with Crippen LogP contribution in [0.2, 0.25) is 5.15 Å². The standard InChI is InChI=1S/C14H17ClN4/c1-18(2)13-11(10-8-6-5-7-9-10)12(15)16-14(17-13)19(3)4/h5-9H,1-4H3. The van der Waals surface area contributed by atoms with Crippen LogP contribution in [0, 0.1) is 0 Å². The van der Waals surface area contributed by atoms with E-state index in [1.807, 2.05) is 68.3 Å². The van der Waals surface area contributed by atoms with E-state index in [4.69, 9.17) is 11.6 Å². The van der Waals surface area contributed by atoms with Crippen LogP contribution in [0.15, 0.2) is 30.3 Å². The monoisotopic (exact) mass is 276 g/mol. The molecule has 0 aliphatic heterocycles. The minimum absolute atomic E-state index is 0.466. The molecule has 0 aliphatic carbocycles. The van der Waals surface area contributed by atoms with Crippen molar-refractivity contribution in [1.82, 2.24) is 9.97 Å². The van der Waals surface area contributed by atoms with E-state index in [9.17, 15) is 0 Å². The van der Waals surface area contributed by atoms with Gasteiger partial charge in [0, 0.05) is 28.2 Å². The lowest BCUT2D eigenvalue weighted by molar-refractivity contribution is 0.970. The fourth-order valence-electron chi connectivity index (χ4n) is 1.79. The lowest BCUT2D eigenvalue weighted by atomic mass is 10.1. The van der Waals surface area contributed by atoms with Crippen LogP contribution in [0.4, 0.5) is 11.8 Å². The molecule has 1 aromatic heterocycles. The average molecular weight is 277 g/mol. The third-order valence-corrected chi connectivity index (χ3v) is 2.99. The van der Waals surface area contributed by atoms with Crippen LogP contribution in [0.25, 0.3) is 11.1 Å². The quantitative estimate of drug-likeness (QED) is 0.807. The highest BCUT2D eigenvalue weighted by Crippen LogP contribution is 2.34. The summed E-state index contributed by atoms with van der Waals surface area (Å²) in [5.74, 6) is 1.42. The SMILES string of the molecule is CN(C)c1nc(Cl)c(-c2ccccc2)c(N(C)C)n1. The van der Waals surface area contributed by atoms with Crippen molar-refractivity contribution in [2.24, 2.45) is 0 Å². The van der Waals surface area contributed by atoms with Crippen molar-refractivity contribution >= 4 is 23.4 Å². The number of halogens is 1. The molecule has 2 rings (SSSR count). The Morgan fingerprint density at radius 2 is 1.53 bits per heavy atom. The van der Waals surface area contributed by atoms with E-state index in [0.29, 0.717) is 11.1 Å². The summed E-state index contributed by atoms with van der Waals surface area (Å²) in [6, 6.07) is 9.94. The summed E-state index contributed by atoms with van der Waals surface area (Å²) in [6.07, 6.45) is 0. The van der Waals surface area contributed by atoms with Gasteiger partial charge in [0.05, 0.1) is 5.56 Å². The zero-order chi connectivity index (χ0) is 14.0. The molecule has 0 atom stereocenters. The molecule has 19 heavy (non-hydrogen) atoms. The Kier molecular flexibility index (Phi) is 3.90. The summed E-state index contributed by atoms with van der Waals surface area (Å²) in [4.78, 5) is 12.7. The molecule has 0 saturated heterocycles. The van der Waals surface area contributed by atoms with Crippen LogP contribution in [0.1, 0.15) is 0 Å². The maximum absolute atomic E-state index is 6.35. The number of anilines is 2. The van der Waals surface area contributed by atoms with E-state index in [1.165, 1.54) is 0 Å². The number of hydrogen-bond acceptors (Lipinski definition) is 4. The van der Waals surface area contributed by atoms with Gasteiger partial charge >= 0.3 is 0 Å². The molecule has 4 nitrogen and oxygen atoms in total. The summed E-state index contributed by atoms with van der Waals surface area (Å²) >= 11 is 6.35. The van der Waals surface area contributed by atoms with Gasteiger partial charge in [-0.3, -0.25) is 0 Å². The lowest BCUT2D eigenvalue weighted by Gasteiger charge is -2.20. The minimum atomic E-state index is 0.466. The zero-order valence-electron chi connectivity index (χ0n) is 11.6. The summed E-state index contributed by atoms with van der Waals surface area (Å²) in [6.45, 7) is 0. The Morgan fingerprint density at radius 3 is 2.05 bits per heavy atom. The Labute approximate surface area is 118 Å². The number of nitrogens with zero attached hydrogens (tertiary/aromatic N) is 4. The molecule has 0 radical (unpaired) electrons. The first kappa shape index (κ1) is 13.6. The molecular formula is C14H17ClN4. The molecule has 0 N–H and O–H groups in total. The highest BCUT2D eigenvalue weighted by molar-refractivity contribution is 6.32. The third-order valence-electron chi connectivity index (χ3n) is 2.72. The molecule has 0 aliphatic rings. The highest BCUT2D eigenvalue weighted by atomic mass is 35.5. The largest absolute Gasteiger partial charge is 0.362 e. The molecule has 0 amide bonds. The maximum atomic E-state index is 6.35. The molecule has 0 unspecified atom stereocenters. The topological polar surface area (TPSA) is 32.3 Å². The van der Waals surface area contributed by atoms with Crippen LogP contribution in [0.5, 0.6) is 0 Å². The zero-order valence-corrected chi connectivity index (χ0v) is 12.3. The van der Waals surface area contributed by atoms with E-state index < -0.39 is 0 Å². The number of aromatic nitrogens is 2. The molecule has 2 aromatic rings. The van der Waals surface area contributed by atoms with Crippen molar-refractivity contribution in [3.8, 4) is 11.1 Å². The molecule has 0 spiro atoms. The van der Waals surface area contributed by atoms with Gasteiger partial charge in [-0.25, -0.2) is 4.98 Å². The van der Waals surface area contributed by atoms with Gasteiger partial charge in [0.25, 0.3) is 0 Å². The third kappa shape index (κ3) is 2.79. The fraction of sp³-hybridized carbons (Fsp3) is 0.286. The van der Waals surface area contributed by atoms with Gasteiger partial charge in [-0.1, -0.05) is 41.9 Å². The van der Waals surface area contributed by atoms with Crippen molar-refractivity contribution in [1.29, 1.82) is 0 Å². The van der Waals surface area contributed by atoms with Gasteiger partial charge in [0.15, 0.2) is 0 Å². The summed E-state index contributed by atoms with van der Waals surface area (Å²) in [5.41, 5.74) is 1.87. The van der Waals surface area contributed by atoms with Crippen molar-refractivity contribution < 1.29 is 0 Å². The van der Waals surface area contributed by atoms with Gasteiger partial charge in [0.1, 0.15) is 11.0 Å².